The Morgan fingerprint density at radius 2 is 0.870 bits per heavy atom. The molecular weight excluding hydrogens is 837 g/mol. The van der Waals surface area contributed by atoms with E-state index in [9.17, 15) is 0 Å². The second kappa shape index (κ2) is 15.7. The summed E-state index contributed by atoms with van der Waals surface area (Å²) < 4.78 is 9.05. The van der Waals surface area contributed by atoms with Crippen LogP contribution in [0.15, 0.2) is 259 Å². The fourth-order valence-corrected chi connectivity index (χ4v) is 10.8. The van der Waals surface area contributed by atoms with E-state index in [-0.39, 0.29) is 0 Å². The highest BCUT2D eigenvalue weighted by atomic mass is 16.3. The van der Waals surface area contributed by atoms with E-state index < -0.39 is 0 Å². The summed E-state index contributed by atoms with van der Waals surface area (Å²) in [5.41, 5.74) is 15.4. The highest BCUT2D eigenvalue weighted by Gasteiger charge is 2.20. The molecule has 0 aliphatic heterocycles. The first-order chi connectivity index (χ1) is 34.2. The van der Waals surface area contributed by atoms with E-state index in [0.29, 0.717) is 0 Å². The Bertz CT molecular complexity index is 4270. The van der Waals surface area contributed by atoms with Gasteiger partial charge in [-0.1, -0.05) is 176 Å². The van der Waals surface area contributed by atoms with Crippen LogP contribution in [0.3, 0.4) is 0 Å². The van der Waals surface area contributed by atoms with E-state index >= 15 is 0 Å². The maximum atomic E-state index is 6.67. The molecule has 3 nitrogen and oxygen atoms in total. The molecule has 0 N–H and O–H groups in total. The van der Waals surface area contributed by atoms with Gasteiger partial charge >= 0.3 is 0 Å². The van der Waals surface area contributed by atoms with Gasteiger partial charge in [-0.2, -0.15) is 0 Å². The third-order valence-corrected chi connectivity index (χ3v) is 14.1. The van der Waals surface area contributed by atoms with Crippen molar-refractivity contribution >= 4 is 93.1 Å². The van der Waals surface area contributed by atoms with E-state index in [4.69, 9.17) is 4.42 Å². The molecule has 12 aromatic carbocycles. The number of para-hydroxylation sites is 3. The number of furan rings is 1. The van der Waals surface area contributed by atoms with E-state index in [1.807, 2.05) is 0 Å². The molecule has 3 heteroatoms. The lowest BCUT2D eigenvalue weighted by molar-refractivity contribution is 0.673. The van der Waals surface area contributed by atoms with Crippen molar-refractivity contribution in [3.8, 4) is 39.1 Å². The van der Waals surface area contributed by atoms with E-state index in [1.165, 1.54) is 48.7 Å². The van der Waals surface area contributed by atoms with Gasteiger partial charge in [-0.3, -0.25) is 0 Å². The molecule has 0 spiro atoms. The van der Waals surface area contributed by atoms with Gasteiger partial charge in [0.25, 0.3) is 0 Å². The van der Waals surface area contributed by atoms with E-state index in [1.54, 1.807) is 0 Å². The van der Waals surface area contributed by atoms with Crippen molar-refractivity contribution in [2.24, 2.45) is 0 Å². The number of rotatable bonds is 7. The van der Waals surface area contributed by atoms with Crippen molar-refractivity contribution in [3.05, 3.63) is 255 Å². The zero-order valence-corrected chi connectivity index (χ0v) is 37.6. The lowest BCUT2D eigenvalue weighted by Gasteiger charge is -2.28. The van der Waals surface area contributed by atoms with Crippen molar-refractivity contribution in [1.82, 2.24) is 4.57 Å². The van der Waals surface area contributed by atoms with Gasteiger partial charge in [-0.05, 0) is 134 Å². The first-order valence-corrected chi connectivity index (χ1v) is 23.6. The minimum absolute atomic E-state index is 0.882. The van der Waals surface area contributed by atoms with Gasteiger partial charge < -0.3 is 13.9 Å². The molecule has 0 unspecified atom stereocenters. The Kier molecular flexibility index (Phi) is 8.90. The molecule has 2 heterocycles. The molecular formula is C66H42N2O. The molecule has 0 saturated carbocycles. The molecule has 0 radical (unpaired) electrons. The number of anilines is 3. The molecule has 2 aromatic heterocycles. The maximum Gasteiger partial charge on any atom is 0.143 e. The zero-order chi connectivity index (χ0) is 45.4. The molecule has 69 heavy (non-hydrogen) atoms. The standard InChI is InChI=1S/C66H42N2O/c1-3-19-54-44(13-1)27-28-46-29-30-50(41-61(46)54)55-20-5-8-24-62(55)67(52-17-12-16-48(40-52)49-34-37-59-60-38-33-45-14-2-4-21-56(45)66(60)69-65(59)42-49)51-35-31-43(32-36-51)47-15-11-18-53(39-47)68-63-25-9-6-22-57(63)58-23-7-10-26-64(58)68/h1-42H. The summed E-state index contributed by atoms with van der Waals surface area (Å²) in [7, 11) is 0. The average molecular weight is 879 g/mol. The molecule has 14 rings (SSSR count). The summed E-state index contributed by atoms with van der Waals surface area (Å²) in [4.78, 5) is 2.41. The largest absolute Gasteiger partial charge is 0.455 e. The SMILES string of the molecule is c1cc(-c2ccc3c(c2)oc2c4ccccc4ccc32)cc(N(c2ccc(-c3cccc(-n4c5ccccc5c5ccccc54)c3)cc2)c2ccccc2-c2ccc3ccc4ccccc4c3c2)c1. The van der Waals surface area contributed by atoms with Crippen LogP contribution in [0, 0.1) is 0 Å². The Morgan fingerprint density at radius 3 is 1.67 bits per heavy atom. The van der Waals surface area contributed by atoms with Crippen molar-refractivity contribution in [2.45, 2.75) is 0 Å². The smallest absolute Gasteiger partial charge is 0.143 e. The number of nitrogens with zero attached hydrogens (tertiary/aromatic N) is 2. The summed E-state index contributed by atoms with van der Waals surface area (Å²) in [6.45, 7) is 0. The van der Waals surface area contributed by atoms with Gasteiger partial charge in [0.1, 0.15) is 11.2 Å². The number of aromatic nitrogens is 1. The summed E-state index contributed by atoms with van der Waals surface area (Å²) >= 11 is 0. The molecule has 0 fully saturated rings. The summed E-state index contributed by atoms with van der Waals surface area (Å²) in [6, 6.07) is 92.6. The molecule has 322 valence electrons. The van der Waals surface area contributed by atoms with Gasteiger partial charge in [-0.25, -0.2) is 0 Å². The number of fused-ring (bicyclic) bond motifs is 11. The number of hydrogen-bond acceptors (Lipinski definition) is 2. The van der Waals surface area contributed by atoms with Gasteiger partial charge in [0, 0.05) is 49.6 Å². The Hall–Kier alpha value is -9.18. The van der Waals surface area contributed by atoms with Crippen LogP contribution in [-0.2, 0) is 0 Å². The Morgan fingerprint density at radius 1 is 0.304 bits per heavy atom. The summed E-state index contributed by atoms with van der Waals surface area (Å²) in [5.74, 6) is 0. The van der Waals surface area contributed by atoms with E-state index in [0.717, 1.165) is 83.5 Å². The molecule has 0 aliphatic carbocycles. The van der Waals surface area contributed by atoms with Gasteiger partial charge in [0.2, 0.25) is 0 Å². The van der Waals surface area contributed by atoms with Crippen LogP contribution in [0.5, 0.6) is 0 Å². The van der Waals surface area contributed by atoms with Crippen LogP contribution in [-0.4, -0.2) is 4.57 Å². The number of hydrogen-bond donors (Lipinski definition) is 0. The molecule has 0 aliphatic rings. The second-order valence-electron chi connectivity index (χ2n) is 18.1. The zero-order valence-electron chi connectivity index (χ0n) is 37.6. The molecule has 0 bridgehead atoms. The number of benzene rings is 12. The maximum absolute atomic E-state index is 6.67. The van der Waals surface area contributed by atoms with Crippen molar-refractivity contribution < 1.29 is 4.42 Å². The van der Waals surface area contributed by atoms with Crippen LogP contribution in [0.25, 0.3) is 115 Å². The first kappa shape index (κ1) is 39.0. The monoisotopic (exact) mass is 878 g/mol. The minimum Gasteiger partial charge on any atom is -0.455 e. The molecule has 0 amide bonds. The lowest BCUT2D eigenvalue weighted by atomic mass is 9.95. The molecule has 0 saturated heterocycles. The van der Waals surface area contributed by atoms with Gasteiger partial charge in [0.05, 0.1) is 16.7 Å². The molecule has 0 atom stereocenters. The average Bonchev–Trinajstić information content (AvgIpc) is 3.97. The lowest BCUT2D eigenvalue weighted by Crippen LogP contribution is -2.11. The summed E-state index contributed by atoms with van der Waals surface area (Å²) in [5, 5.41) is 12.0. The fourth-order valence-electron chi connectivity index (χ4n) is 10.8. The van der Waals surface area contributed by atoms with Crippen LogP contribution in [0.2, 0.25) is 0 Å². The van der Waals surface area contributed by atoms with Crippen LogP contribution >= 0.6 is 0 Å². The van der Waals surface area contributed by atoms with Crippen molar-refractivity contribution in [1.29, 1.82) is 0 Å². The first-order valence-electron chi connectivity index (χ1n) is 23.6. The van der Waals surface area contributed by atoms with Crippen molar-refractivity contribution in [2.75, 3.05) is 4.90 Å². The predicted octanol–water partition coefficient (Wildman–Crippen LogP) is 18.6. The van der Waals surface area contributed by atoms with E-state index in [2.05, 4.69) is 264 Å². The molecule has 14 aromatic rings. The fraction of sp³-hybridized carbons (Fsp3) is 0. The van der Waals surface area contributed by atoms with Gasteiger partial charge in [-0.15, -0.1) is 0 Å². The Labute approximate surface area is 399 Å². The predicted molar refractivity (Wildman–Crippen MR) is 292 cm³/mol. The topological polar surface area (TPSA) is 21.3 Å². The normalized spacial score (nSPS) is 11.8. The highest BCUT2D eigenvalue weighted by molar-refractivity contribution is 6.16. The third-order valence-electron chi connectivity index (χ3n) is 14.1. The third kappa shape index (κ3) is 6.43. The quantitative estimate of drug-likeness (QED) is 0.149. The Balaban J connectivity index is 0.904. The van der Waals surface area contributed by atoms with Crippen LogP contribution < -0.4 is 4.90 Å². The minimum atomic E-state index is 0.882. The van der Waals surface area contributed by atoms with Crippen LogP contribution in [0.1, 0.15) is 0 Å². The van der Waals surface area contributed by atoms with Crippen molar-refractivity contribution in [3.63, 3.8) is 0 Å². The second-order valence-corrected chi connectivity index (χ2v) is 18.1. The van der Waals surface area contributed by atoms with Crippen LogP contribution in [0.4, 0.5) is 17.1 Å². The highest BCUT2D eigenvalue weighted by Crippen LogP contribution is 2.44. The van der Waals surface area contributed by atoms with Gasteiger partial charge in [0.15, 0.2) is 0 Å². The summed E-state index contributed by atoms with van der Waals surface area (Å²) in [6.07, 6.45) is 0.